The number of aromatic nitrogens is 2. The second kappa shape index (κ2) is 6.07. The summed E-state index contributed by atoms with van der Waals surface area (Å²) in [5.74, 6) is 2.80. The molecule has 4 rings (SSSR count). The van der Waals surface area contributed by atoms with Gasteiger partial charge < -0.3 is 4.74 Å². The normalized spacial score (nSPS) is 25.5. The zero-order chi connectivity index (χ0) is 15.6. The lowest BCUT2D eigenvalue weighted by Gasteiger charge is -2.33. The maximum atomic E-state index is 12.8. The van der Waals surface area contributed by atoms with Crippen LogP contribution in [0.3, 0.4) is 0 Å². The van der Waals surface area contributed by atoms with Crippen LogP contribution < -0.4 is 9.64 Å². The fourth-order valence-corrected chi connectivity index (χ4v) is 4.13. The van der Waals surface area contributed by atoms with Crippen molar-refractivity contribution in [3.8, 4) is 5.75 Å². The average molecular weight is 311 g/mol. The third-order valence-electron chi connectivity index (χ3n) is 5.14. The van der Waals surface area contributed by atoms with Gasteiger partial charge in [0.25, 0.3) is 5.91 Å². The number of nitrogens with one attached hydrogen (secondary N) is 1. The van der Waals surface area contributed by atoms with Crippen molar-refractivity contribution >= 4 is 11.7 Å². The number of amides is 1. The second-order valence-electron chi connectivity index (χ2n) is 6.54. The molecule has 1 N–H and O–H groups in total. The number of benzene rings is 1. The van der Waals surface area contributed by atoms with E-state index in [2.05, 4.69) is 10.2 Å². The van der Waals surface area contributed by atoms with Gasteiger partial charge in [-0.25, -0.2) is 0 Å². The molecule has 1 heterocycles. The molecule has 2 aliphatic rings. The molecule has 2 aliphatic carbocycles. The van der Waals surface area contributed by atoms with Crippen molar-refractivity contribution in [1.29, 1.82) is 0 Å². The van der Waals surface area contributed by atoms with Crippen LogP contribution in [0.2, 0.25) is 0 Å². The largest absolute Gasteiger partial charge is 0.484 e. The van der Waals surface area contributed by atoms with Crippen molar-refractivity contribution in [3.63, 3.8) is 0 Å². The molecule has 3 unspecified atom stereocenters. The molecule has 5 heteroatoms. The molecule has 23 heavy (non-hydrogen) atoms. The monoisotopic (exact) mass is 311 g/mol. The zero-order valence-electron chi connectivity index (χ0n) is 13.0. The van der Waals surface area contributed by atoms with Gasteiger partial charge in [-0.15, -0.1) is 0 Å². The van der Waals surface area contributed by atoms with Crippen molar-refractivity contribution in [2.24, 2.45) is 11.8 Å². The summed E-state index contributed by atoms with van der Waals surface area (Å²) < 4.78 is 5.66. The Hall–Kier alpha value is -2.30. The number of carbonyl (C=O) groups excluding carboxylic acids is 1. The second-order valence-corrected chi connectivity index (χ2v) is 6.54. The van der Waals surface area contributed by atoms with Crippen LogP contribution in [-0.4, -0.2) is 28.8 Å². The maximum Gasteiger partial charge on any atom is 0.266 e. The van der Waals surface area contributed by atoms with Crippen molar-refractivity contribution in [1.82, 2.24) is 10.2 Å². The van der Waals surface area contributed by atoms with E-state index in [-0.39, 0.29) is 18.6 Å². The summed E-state index contributed by atoms with van der Waals surface area (Å²) >= 11 is 0. The predicted molar refractivity (Wildman–Crippen MR) is 87.2 cm³/mol. The van der Waals surface area contributed by atoms with Crippen LogP contribution in [0.1, 0.15) is 25.7 Å². The first kappa shape index (κ1) is 14.3. The molecule has 5 nitrogen and oxygen atoms in total. The van der Waals surface area contributed by atoms with Crippen molar-refractivity contribution in [2.75, 3.05) is 11.5 Å². The summed E-state index contributed by atoms with van der Waals surface area (Å²) in [6.45, 7) is 0.0464. The summed E-state index contributed by atoms with van der Waals surface area (Å²) in [6, 6.07) is 11.6. The van der Waals surface area contributed by atoms with Crippen molar-refractivity contribution < 1.29 is 9.53 Å². The molecule has 0 aliphatic heterocycles. The lowest BCUT2D eigenvalue weighted by atomic mass is 9.94. The molecule has 3 atom stereocenters. The van der Waals surface area contributed by atoms with Crippen LogP contribution in [0.15, 0.2) is 42.6 Å². The molecule has 2 aromatic rings. The Morgan fingerprint density at radius 3 is 2.74 bits per heavy atom. The number of hydrogen-bond donors (Lipinski definition) is 1. The molecule has 1 aromatic heterocycles. The number of aromatic amines is 1. The third kappa shape index (κ3) is 2.83. The van der Waals surface area contributed by atoms with Gasteiger partial charge in [0.1, 0.15) is 5.75 Å². The molecule has 2 bridgehead atoms. The Morgan fingerprint density at radius 1 is 1.22 bits per heavy atom. The summed E-state index contributed by atoms with van der Waals surface area (Å²) in [5, 5.41) is 7.07. The van der Waals surface area contributed by atoms with E-state index in [1.807, 2.05) is 41.3 Å². The lowest BCUT2D eigenvalue weighted by molar-refractivity contribution is -0.121. The van der Waals surface area contributed by atoms with E-state index in [9.17, 15) is 4.79 Å². The average Bonchev–Trinajstić information content (AvgIpc) is 3.32. The van der Waals surface area contributed by atoms with Gasteiger partial charge >= 0.3 is 0 Å². The maximum absolute atomic E-state index is 12.8. The highest BCUT2D eigenvalue weighted by molar-refractivity contribution is 5.94. The molecule has 0 saturated heterocycles. The first-order valence-electron chi connectivity index (χ1n) is 8.31. The minimum atomic E-state index is -0.0153. The Balaban J connectivity index is 1.50. The number of nitrogens with zero attached hydrogens (tertiary/aromatic N) is 2. The van der Waals surface area contributed by atoms with Crippen molar-refractivity contribution in [3.05, 3.63) is 42.6 Å². The number of ether oxygens (including phenoxy) is 1. The van der Waals surface area contributed by atoms with Crippen LogP contribution in [0.5, 0.6) is 5.75 Å². The van der Waals surface area contributed by atoms with E-state index in [0.29, 0.717) is 11.7 Å². The first-order valence-corrected chi connectivity index (χ1v) is 8.31. The zero-order valence-corrected chi connectivity index (χ0v) is 13.0. The lowest BCUT2D eigenvalue weighted by Crippen LogP contribution is -2.46. The molecule has 0 radical (unpaired) electrons. The first-order chi connectivity index (χ1) is 11.3. The summed E-state index contributed by atoms with van der Waals surface area (Å²) in [4.78, 5) is 14.7. The van der Waals surface area contributed by atoms with Gasteiger partial charge in [-0.2, -0.15) is 5.10 Å². The smallest absolute Gasteiger partial charge is 0.266 e. The highest BCUT2D eigenvalue weighted by Gasteiger charge is 2.44. The Morgan fingerprint density at radius 2 is 2.09 bits per heavy atom. The standard InChI is InChI=1S/C18H21N3O2/c22-18(12-23-15-4-2-1-3-5-15)21(17-8-9-19-20-17)16-11-13-6-7-14(16)10-13/h1-5,8-9,13-14,16H,6-7,10-12H2,(H,19,20). The SMILES string of the molecule is O=C(COc1ccccc1)N(c1cc[nH]n1)C1CC2CCC1C2. The predicted octanol–water partition coefficient (Wildman–Crippen LogP) is 3.01. The highest BCUT2D eigenvalue weighted by Crippen LogP contribution is 2.47. The van der Waals surface area contributed by atoms with Crippen LogP contribution in [0.25, 0.3) is 0 Å². The number of para-hydroxylation sites is 1. The van der Waals surface area contributed by atoms with Gasteiger partial charge in [0, 0.05) is 18.3 Å². The number of hydrogen-bond acceptors (Lipinski definition) is 3. The van der Waals surface area contributed by atoms with Crippen LogP contribution in [0, 0.1) is 11.8 Å². The molecule has 1 aromatic carbocycles. The number of rotatable bonds is 5. The summed E-state index contributed by atoms with van der Waals surface area (Å²) in [7, 11) is 0. The molecule has 0 spiro atoms. The van der Waals surface area contributed by atoms with Crippen molar-refractivity contribution in [2.45, 2.75) is 31.7 Å². The van der Waals surface area contributed by atoms with E-state index < -0.39 is 0 Å². The number of anilines is 1. The van der Waals surface area contributed by atoms with E-state index in [0.717, 1.165) is 18.1 Å². The minimum Gasteiger partial charge on any atom is -0.484 e. The number of fused-ring (bicyclic) bond motifs is 2. The van der Waals surface area contributed by atoms with E-state index in [4.69, 9.17) is 4.74 Å². The van der Waals surface area contributed by atoms with Crippen LogP contribution in [0.4, 0.5) is 5.82 Å². The van der Waals surface area contributed by atoms with Gasteiger partial charge in [0.2, 0.25) is 0 Å². The van der Waals surface area contributed by atoms with Gasteiger partial charge in [-0.05, 0) is 43.2 Å². The summed E-state index contributed by atoms with van der Waals surface area (Å²) in [5.41, 5.74) is 0. The Kier molecular flexibility index (Phi) is 3.77. The van der Waals surface area contributed by atoms with E-state index >= 15 is 0 Å². The van der Waals surface area contributed by atoms with Gasteiger partial charge in [0.15, 0.2) is 12.4 Å². The van der Waals surface area contributed by atoms with Gasteiger partial charge in [-0.1, -0.05) is 24.6 Å². The minimum absolute atomic E-state index is 0.0153. The van der Waals surface area contributed by atoms with E-state index in [1.165, 1.54) is 19.3 Å². The van der Waals surface area contributed by atoms with Crippen LogP contribution >= 0.6 is 0 Å². The van der Waals surface area contributed by atoms with Crippen LogP contribution in [-0.2, 0) is 4.79 Å². The quantitative estimate of drug-likeness (QED) is 0.923. The molecular formula is C18H21N3O2. The molecule has 2 saturated carbocycles. The fourth-order valence-electron chi connectivity index (χ4n) is 4.13. The van der Waals surface area contributed by atoms with Gasteiger partial charge in [-0.3, -0.25) is 14.8 Å². The molecule has 120 valence electrons. The van der Waals surface area contributed by atoms with Gasteiger partial charge in [0.05, 0.1) is 0 Å². The molecule has 1 amide bonds. The Bertz CT molecular complexity index is 656. The Labute approximate surface area is 135 Å². The topological polar surface area (TPSA) is 58.2 Å². The van der Waals surface area contributed by atoms with E-state index in [1.54, 1.807) is 6.20 Å². The third-order valence-corrected chi connectivity index (χ3v) is 5.14. The number of H-pyrrole nitrogens is 1. The fraction of sp³-hybridized carbons (Fsp3) is 0.444. The summed E-state index contributed by atoms with van der Waals surface area (Å²) in [6.07, 6.45) is 6.64. The molecular weight excluding hydrogens is 290 g/mol. The number of carbonyl (C=O) groups is 1. The molecule has 2 fully saturated rings. The highest BCUT2D eigenvalue weighted by atomic mass is 16.5.